The Hall–Kier alpha value is -3.79. The minimum atomic E-state index is -7.35. The van der Waals surface area contributed by atoms with Crippen molar-refractivity contribution in [2.24, 2.45) is 17.3 Å². The van der Waals surface area contributed by atoms with E-state index in [1.165, 1.54) is 30.8 Å². The summed E-state index contributed by atoms with van der Waals surface area (Å²) in [7, 11) is 1.80. The SMILES string of the molecule is COC(=O)/C(N=Nc1c(C)n(C)n(-c2ccccc2)c1=O)=C(/O)C(F)(F)C(F)(F)C(F)(F)C(F)(F)F. The van der Waals surface area contributed by atoms with Crippen LogP contribution in [0.15, 0.2) is 56.8 Å². The second kappa shape index (κ2) is 9.34. The van der Waals surface area contributed by atoms with Gasteiger partial charge in [-0.25, -0.2) is 9.48 Å². The van der Waals surface area contributed by atoms with Crippen LogP contribution in [-0.4, -0.2) is 51.5 Å². The predicted octanol–water partition coefficient (Wildman–Crippen LogP) is 4.98. The van der Waals surface area contributed by atoms with Crippen LogP contribution in [-0.2, 0) is 16.6 Å². The number of aliphatic hydroxyl groups is 1. The number of methoxy groups -OCH3 is 1. The van der Waals surface area contributed by atoms with Gasteiger partial charge in [0.2, 0.25) is 11.5 Å². The summed E-state index contributed by atoms with van der Waals surface area (Å²) in [6.07, 6.45) is -7.17. The van der Waals surface area contributed by atoms with Crippen LogP contribution >= 0.6 is 0 Å². The summed E-state index contributed by atoms with van der Waals surface area (Å²) in [5.74, 6) is -26.8. The van der Waals surface area contributed by atoms with E-state index in [1.807, 2.05) is 0 Å². The van der Waals surface area contributed by atoms with Crippen LogP contribution in [0.4, 0.5) is 45.2 Å². The van der Waals surface area contributed by atoms with Gasteiger partial charge in [0.1, 0.15) is 0 Å². The molecule has 1 heterocycles. The zero-order valence-corrected chi connectivity index (χ0v) is 18.2. The number of aliphatic hydroxyl groups excluding tert-OH is 1. The summed E-state index contributed by atoms with van der Waals surface area (Å²) in [5, 5.41) is 15.5. The highest BCUT2D eigenvalue weighted by atomic mass is 19.4. The third kappa shape index (κ3) is 4.44. The Morgan fingerprint density at radius 2 is 1.50 bits per heavy atom. The lowest BCUT2D eigenvalue weighted by atomic mass is 10.0. The molecule has 0 saturated carbocycles. The number of benzene rings is 1. The van der Waals surface area contributed by atoms with Crippen molar-refractivity contribution in [3.8, 4) is 5.69 Å². The van der Waals surface area contributed by atoms with Crippen LogP contribution in [0.2, 0.25) is 0 Å². The molecule has 17 heteroatoms. The first-order chi connectivity index (χ1) is 16.3. The maximum Gasteiger partial charge on any atom is 0.460 e. The number of hydrogen-bond acceptors (Lipinski definition) is 6. The fraction of sp³-hybridized carbons (Fsp3) is 0.368. The molecule has 0 aliphatic rings. The topological polar surface area (TPSA) is 98.2 Å². The number of allylic oxidation sites excluding steroid dienone is 1. The van der Waals surface area contributed by atoms with Crippen molar-refractivity contribution in [3.63, 3.8) is 0 Å². The summed E-state index contributed by atoms with van der Waals surface area (Å²) in [5.41, 5.74) is -3.71. The van der Waals surface area contributed by atoms with Crippen molar-refractivity contribution < 1.29 is 54.2 Å². The molecule has 0 saturated heterocycles. The zero-order chi connectivity index (χ0) is 27.9. The first kappa shape index (κ1) is 28.4. The lowest BCUT2D eigenvalue weighted by molar-refractivity contribution is -0.392. The first-order valence-electron chi connectivity index (χ1n) is 9.32. The van der Waals surface area contributed by atoms with E-state index >= 15 is 0 Å². The normalized spacial score (nSPS) is 14.2. The van der Waals surface area contributed by atoms with E-state index in [0.29, 0.717) is 7.11 Å². The van der Waals surface area contributed by atoms with Gasteiger partial charge in [-0.3, -0.25) is 9.48 Å². The number of alkyl halides is 9. The molecule has 0 bridgehead atoms. The van der Waals surface area contributed by atoms with Crippen LogP contribution in [0, 0.1) is 6.92 Å². The van der Waals surface area contributed by atoms with E-state index in [9.17, 15) is 54.2 Å². The van der Waals surface area contributed by atoms with Crippen molar-refractivity contribution in [2.75, 3.05) is 7.11 Å². The van der Waals surface area contributed by atoms with E-state index in [1.54, 1.807) is 18.2 Å². The number of para-hydroxylation sites is 1. The lowest BCUT2D eigenvalue weighted by Gasteiger charge is -2.33. The molecule has 0 atom stereocenters. The van der Waals surface area contributed by atoms with Gasteiger partial charge < -0.3 is 9.84 Å². The number of carbonyl (C=O) groups is 1. The third-order valence-corrected chi connectivity index (χ3v) is 4.82. The van der Waals surface area contributed by atoms with Crippen molar-refractivity contribution >= 4 is 11.7 Å². The Kier molecular flexibility index (Phi) is 7.38. The van der Waals surface area contributed by atoms with Crippen LogP contribution < -0.4 is 5.56 Å². The standard InChI is InChI=1S/C19H15F9N4O4/c1-9-11(14(34)32(31(9)2)10-7-5-4-6-8-10)29-30-12(15(35)36-3)13(33)16(20,21)17(22,23)18(24,25)19(26,27)28/h4-8,33H,1-3H3/b13-12-,30-29?. The molecule has 8 nitrogen and oxygen atoms in total. The Bertz CT molecular complexity index is 1260. The fourth-order valence-corrected chi connectivity index (χ4v) is 2.72. The van der Waals surface area contributed by atoms with E-state index in [2.05, 4.69) is 15.0 Å². The number of hydrogen-bond donors (Lipinski definition) is 1. The van der Waals surface area contributed by atoms with E-state index in [0.717, 1.165) is 4.68 Å². The number of ether oxygens (including phenoxy) is 1. The summed E-state index contributed by atoms with van der Waals surface area (Å²) < 4.78 is 125. The first-order valence-corrected chi connectivity index (χ1v) is 9.32. The number of esters is 1. The van der Waals surface area contributed by atoms with Gasteiger partial charge in [-0.2, -0.15) is 39.5 Å². The second-order valence-corrected chi connectivity index (χ2v) is 7.02. The maximum absolute atomic E-state index is 14.1. The van der Waals surface area contributed by atoms with Crippen molar-refractivity contribution in [3.05, 3.63) is 57.8 Å². The summed E-state index contributed by atoms with van der Waals surface area (Å²) in [6, 6.07) is 7.63. The number of nitrogens with zero attached hydrogens (tertiary/aromatic N) is 4. The van der Waals surface area contributed by atoms with E-state index < -0.39 is 52.6 Å². The summed E-state index contributed by atoms with van der Waals surface area (Å²) in [6.45, 7) is 1.25. The number of aromatic nitrogens is 2. The highest BCUT2D eigenvalue weighted by Crippen LogP contribution is 2.55. The van der Waals surface area contributed by atoms with Gasteiger partial charge in [0.25, 0.3) is 5.56 Å². The Morgan fingerprint density at radius 3 is 1.97 bits per heavy atom. The highest BCUT2D eigenvalue weighted by Gasteiger charge is 2.83. The van der Waals surface area contributed by atoms with Gasteiger partial charge in [-0.15, -0.1) is 10.2 Å². The number of carbonyl (C=O) groups excluding carboxylic acids is 1. The predicted molar refractivity (Wildman–Crippen MR) is 103 cm³/mol. The lowest BCUT2D eigenvalue weighted by Crippen LogP contribution is -2.61. The summed E-state index contributed by atoms with van der Waals surface area (Å²) >= 11 is 0. The molecule has 2 aromatic rings. The molecule has 0 unspecified atom stereocenters. The van der Waals surface area contributed by atoms with Crippen LogP contribution in [0.5, 0.6) is 0 Å². The number of rotatable bonds is 7. The van der Waals surface area contributed by atoms with Gasteiger partial charge in [0.15, 0.2) is 5.69 Å². The summed E-state index contributed by atoms with van der Waals surface area (Å²) in [4.78, 5) is 24.5. The van der Waals surface area contributed by atoms with Gasteiger partial charge in [-0.05, 0) is 19.1 Å². The molecule has 36 heavy (non-hydrogen) atoms. The molecule has 0 radical (unpaired) electrons. The number of azo groups is 1. The van der Waals surface area contributed by atoms with Gasteiger partial charge in [0.05, 0.1) is 18.5 Å². The van der Waals surface area contributed by atoms with E-state index in [4.69, 9.17) is 0 Å². The smallest absolute Gasteiger partial charge is 0.460 e. The second-order valence-electron chi connectivity index (χ2n) is 7.02. The quantitative estimate of drug-likeness (QED) is 0.178. The van der Waals surface area contributed by atoms with Crippen LogP contribution in [0.1, 0.15) is 5.69 Å². The van der Waals surface area contributed by atoms with Gasteiger partial charge >= 0.3 is 29.9 Å². The molecular weight excluding hydrogens is 519 g/mol. The minimum absolute atomic E-state index is 0.0444. The molecular formula is C19H15F9N4O4. The molecule has 1 N–H and O–H groups in total. The van der Waals surface area contributed by atoms with Crippen molar-refractivity contribution in [2.45, 2.75) is 30.9 Å². The van der Waals surface area contributed by atoms with Crippen molar-refractivity contribution in [1.29, 1.82) is 0 Å². The Labute approximate surface area is 194 Å². The molecule has 0 fully saturated rings. The minimum Gasteiger partial charge on any atom is -0.504 e. The Balaban J connectivity index is 2.71. The average Bonchev–Trinajstić information content (AvgIpc) is 3.01. The molecule has 0 spiro atoms. The van der Waals surface area contributed by atoms with Crippen LogP contribution in [0.3, 0.4) is 0 Å². The molecule has 0 aliphatic carbocycles. The van der Waals surface area contributed by atoms with Crippen molar-refractivity contribution in [1.82, 2.24) is 9.36 Å². The molecule has 1 aromatic carbocycles. The zero-order valence-electron chi connectivity index (χ0n) is 18.2. The fourth-order valence-electron chi connectivity index (χ4n) is 2.72. The van der Waals surface area contributed by atoms with E-state index in [-0.39, 0.29) is 11.4 Å². The average molecular weight is 534 g/mol. The number of halogens is 9. The molecule has 198 valence electrons. The van der Waals surface area contributed by atoms with Gasteiger partial charge in [-0.1, -0.05) is 18.2 Å². The third-order valence-electron chi connectivity index (χ3n) is 4.82. The van der Waals surface area contributed by atoms with Crippen LogP contribution in [0.25, 0.3) is 5.69 Å². The van der Waals surface area contributed by atoms with Gasteiger partial charge in [0, 0.05) is 7.05 Å². The molecule has 0 amide bonds. The monoisotopic (exact) mass is 534 g/mol. The highest BCUT2D eigenvalue weighted by molar-refractivity contribution is 5.88. The maximum atomic E-state index is 14.1. The largest absolute Gasteiger partial charge is 0.504 e. The Morgan fingerprint density at radius 1 is 0.972 bits per heavy atom. The molecule has 1 aromatic heterocycles. The molecule has 0 aliphatic heterocycles. The molecule has 2 rings (SSSR count).